The van der Waals surface area contributed by atoms with E-state index in [9.17, 15) is 48.6 Å². The van der Waals surface area contributed by atoms with Crippen molar-refractivity contribution in [2.75, 3.05) is 25.2 Å². The number of hydrogen-bond donors (Lipinski definition) is 10. The molecule has 54 heavy (non-hydrogen) atoms. The molecule has 1 aromatic carbocycles. The van der Waals surface area contributed by atoms with Crippen LogP contribution in [0.2, 0.25) is 0 Å². The molecule has 6 atom stereocenters. The number of primary amides is 1. The van der Waals surface area contributed by atoms with E-state index in [1.165, 1.54) is 11.8 Å². The van der Waals surface area contributed by atoms with E-state index in [0.717, 1.165) is 0 Å². The molecule has 0 aliphatic heterocycles. The zero-order valence-corrected chi connectivity index (χ0v) is 32.2. The topological polar surface area (TPSA) is 301 Å². The Morgan fingerprint density at radius 3 is 1.56 bits per heavy atom. The van der Waals surface area contributed by atoms with Gasteiger partial charge in [-0.15, -0.1) is 0 Å². The number of benzene rings is 1. The smallest absolute Gasteiger partial charge is 0.326 e. The highest BCUT2D eigenvalue weighted by atomic mass is 32.2. The largest absolute Gasteiger partial charge is 0.480 e. The predicted octanol–water partition coefficient (Wildman–Crippen LogP) is -2.11. The van der Waals surface area contributed by atoms with Gasteiger partial charge in [0.1, 0.15) is 36.3 Å². The van der Waals surface area contributed by atoms with Gasteiger partial charge in [-0.3, -0.25) is 33.6 Å². The fraction of sp³-hybridized carbons (Fsp3) is 0.600. The molecule has 0 saturated carbocycles. The maximum atomic E-state index is 13.6. The Labute approximate surface area is 319 Å². The highest BCUT2D eigenvalue weighted by Gasteiger charge is 2.34. The molecule has 0 fully saturated rings. The Balaban J connectivity index is 3.21. The predicted molar refractivity (Wildman–Crippen MR) is 201 cm³/mol. The number of aliphatic hydroxyl groups is 1. The van der Waals surface area contributed by atoms with Gasteiger partial charge in [-0.05, 0) is 48.7 Å². The molecule has 0 aliphatic carbocycles. The van der Waals surface area contributed by atoms with Gasteiger partial charge in [0, 0.05) is 6.42 Å². The molecule has 19 heteroatoms. The molecular formula is C35H56N8O10S. The molecule has 302 valence electrons. The molecule has 0 saturated heterocycles. The Morgan fingerprint density at radius 2 is 1.11 bits per heavy atom. The summed E-state index contributed by atoms with van der Waals surface area (Å²) < 4.78 is 0. The summed E-state index contributed by atoms with van der Waals surface area (Å²) in [5.74, 6) is -7.17. The van der Waals surface area contributed by atoms with Crippen molar-refractivity contribution >= 4 is 59.1 Å². The minimum atomic E-state index is -1.67. The molecule has 0 bridgehead atoms. The van der Waals surface area contributed by atoms with Gasteiger partial charge in [0.2, 0.25) is 41.4 Å². The van der Waals surface area contributed by atoms with Crippen molar-refractivity contribution in [3.05, 3.63) is 35.9 Å². The Hall–Kier alpha value is -4.75. The van der Waals surface area contributed by atoms with Crippen LogP contribution in [0.25, 0.3) is 0 Å². The molecule has 0 spiro atoms. The van der Waals surface area contributed by atoms with Crippen LogP contribution in [0.4, 0.5) is 0 Å². The molecule has 1 aromatic rings. The van der Waals surface area contributed by atoms with Crippen LogP contribution in [-0.4, -0.2) is 119 Å². The van der Waals surface area contributed by atoms with Crippen LogP contribution in [-0.2, 0) is 44.8 Å². The van der Waals surface area contributed by atoms with Gasteiger partial charge in [0.15, 0.2) is 0 Å². The molecule has 0 radical (unpaired) electrons. The minimum absolute atomic E-state index is 0.0730. The van der Waals surface area contributed by atoms with Crippen LogP contribution in [0.15, 0.2) is 30.3 Å². The Kier molecular flexibility index (Phi) is 21.5. The Bertz CT molecular complexity index is 1430. The quantitative estimate of drug-likeness (QED) is 0.0510. The van der Waals surface area contributed by atoms with Gasteiger partial charge >= 0.3 is 5.97 Å². The summed E-state index contributed by atoms with van der Waals surface area (Å²) in [5.41, 5.74) is 11.5. The fourth-order valence-corrected chi connectivity index (χ4v) is 5.65. The number of thioether (sulfide) groups is 1. The molecule has 0 unspecified atom stereocenters. The standard InChI is InChI=1S/C35H56N8O10S/c1-19(2)13-23(30(47)39-22(35(52)53)11-12-54-5)41-34(51)27(18-44)43-33(50)26(16-28(37)45)42-31(48)24(14-20(3)4)40-32(49)25(38-29(46)17-36)15-21-9-7-6-8-10-21/h6-10,19-20,22-27,44H,11-18,36H2,1-5H3,(H2,37,45)(H,38,46)(H,39,47)(H,40,49)(H,41,51)(H,42,48)(H,43,50)(H,52,53)/t22-,23-,24-,25-,26-,27-/m0/s1. The van der Waals surface area contributed by atoms with E-state index < -0.39 is 96.6 Å². The molecule has 0 heterocycles. The first-order chi connectivity index (χ1) is 25.4. The van der Waals surface area contributed by atoms with Crippen molar-refractivity contribution in [3.63, 3.8) is 0 Å². The second kappa shape index (κ2) is 24.5. The molecular weight excluding hydrogens is 724 g/mol. The first-order valence-electron chi connectivity index (χ1n) is 17.6. The molecule has 12 N–H and O–H groups in total. The Morgan fingerprint density at radius 1 is 0.667 bits per heavy atom. The zero-order valence-electron chi connectivity index (χ0n) is 31.4. The molecule has 0 aromatic heterocycles. The van der Waals surface area contributed by atoms with Gasteiger partial charge in [-0.25, -0.2) is 4.79 Å². The molecule has 1 rings (SSSR count). The monoisotopic (exact) mass is 780 g/mol. The number of carboxylic acids is 1. The lowest BCUT2D eigenvalue weighted by Gasteiger charge is -2.27. The number of carboxylic acid groups (broad SMARTS) is 1. The van der Waals surface area contributed by atoms with Gasteiger partial charge < -0.3 is 53.6 Å². The first kappa shape index (κ1) is 47.3. The van der Waals surface area contributed by atoms with Crippen molar-refractivity contribution in [2.45, 2.75) is 96.1 Å². The number of hydrogen-bond acceptors (Lipinski definition) is 11. The van der Waals surface area contributed by atoms with Crippen LogP contribution >= 0.6 is 11.8 Å². The number of aliphatic hydroxyl groups excluding tert-OH is 1. The van der Waals surface area contributed by atoms with Crippen molar-refractivity contribution in [2.24, 2.45) is 23.3 Å². The summed E-state index contributed by atoms with van der Waals surface area (Å²) >= 11 is 1.39. The van der Waals surface area contributed by atoms with Crippen molar-refractivity contribution in [3.8, 4) is 0 Å². The lowest BCUT2D eigenvalue weighted by molar-refractivity contribution is -0.142. The minimum Gasteiger partial charge on any atom is -0.480 e. The normalized spacial score (nSPS) is 14.4. The second-order valence-corrected chi connectivity index (χ2v) is 14.5. The van der Waals surface area contributed by atoms with E-state index >= 15 is 0 Å². The molecule has 18 nitrogen and oxygen atoms in total. The summed E-state index contributed by atoms with van der Waals surface area (Å²) in [7, 11) is 0. The maximum Gasteiger partial charge on any atom is 0.326 e. The van der Waals surface area contributed by atoms with Crippen molar-refractivity contribution < 1.29 is 48.6 Å². The van der Waals surface area contributed by atoms with Gasteiger partial charge in [-0.1, -0.05) is 58.0 Å². The number of carbonyl (C=O) groups is 8. The van der Waals surface area contributed by atoms with Gasteiger partial charge in [-0.2, -0.15) is 11.8 Å². The SMILES string of the molecule is CSCC[C@H](NC(=O)[C@H](CC(C)C)NC(=O)[C@H](CO)NC(=O)[C@H](CC(N)=O)NC(=O)[C@H](CC(C)C)NC(=O)[C@H](Cc1ccccc1)NC(=O)CN)C(=O)O. The van der Waals surface area contributed by atoms with Crippen LogP contribution in [0, 0.1) is 11.8 Å². The number of aliphatic carboxylic acids is 1. The second-order valence-electron chi connectivity index (χ2n) is 13.6. The number of nitrogens with one attached hydrogen (secondary N) is 6. The van der Waals surface area contributed by atoms with Crippen LogP contribution in [0.3, 0.4) is 0 Å². The zero-order chi connectivity index (χ0) is 41.0. The van der Waals surface area contributed by atoms with E-state index in [2.05, 4.69) is 31.9 Å². The molecule has 0 aliphatic rings. The average molecular weight is 781 g/mol. The summed E-state index contributed by atoms with van der Waals surface area (Å²) in [6.45, 7) is 5.75. The third-order valence-corrected chi connectivity index (χ3v) is 8.52. The van der Waals surface area contributed by atoms with E-state index in [1.54, 1.807) is 64.3 Å². The van der Waals surface area contributed by atoms with Crippen molar-refractivity contribution in [1.82, 2.24) is 31.9 Å². The highest BCUT2D eigenvalue weighted by Crippen LogP contribution is 2.11. The highest BCUT2D eigenvalue weighted by molar-refractivity contribution is 7.98. The average Bonchev–Trinajstić information content (AvgIpc) is 3.10. The number of carbonyl (C=O) groups excluding carboxylic acids is 7. The van der Waals surface area contributed by atoms with E-state index in [1.807, 2.05) is 0 Å². The van der Waals surface area contributed by atoms with Gasteiger partial charge in [0.25, 0.3) is 0 Å². The lowest BCUT2D eigenvalue weighted by Crippen LogP contribution is -2.61. The maximum absolute atomic E-state index is 13.6. The number of nitrogens with two attached hydrogens (primary N) is 2. The fourth-order valence-electron chi connectivity index (χ4n) is 5.18. The summed E-state index contributed by atoms with van der Waals surface area (Å²) in [6.07, 6.45) is 1.42. The third-order valence-electron chi connectivity index (χ3n) is 7.88. The van der Waals surface area contributed by atoms with Crippen LogP contribution < -0.4 is 43.4 Å². The van der Waals surface area contributed by atoms with E-state index in [4.69, 9.17) is 11.5 Å². The van der Waals surface area contributed by atoms with Crippen LogP contribution in [0.1, 0.15) is 58.9 Å². The summed E-state index contributed by atoms with van der Waals surface area (Å²) in [6, 6.07) is 0.633. The first-order valence-corrected chi connectivity index (χ1v) is 19.0. The summed E-state index contributed by atoms with van der Waals surface area (Å²) in [5, 5.41) is 34.3. The number of rotatable bonds is 25. The molecule has 7 amide bonds. The lowest BCUT2D eigenvalue weighted by atomic mass is 10.0. The van der Waals surface area contributed by atoms with E-state index in [0.29, 0.717) is 11.3 Å². The third kappa shape index (κ3) is 17.8. The van der Waals surface area contributed by atoms with Gasteiger partial charge in [0.05, 0.1) is 19.6 Å². The van der Waals surface area contributed by atoms with Crippen molar-refractivity contribution in [1.29, 1.82) is 0 Å². The van der Waals surface area contributed by atoms with E-state index in [-0.39, 0.29) is 44.1 Å². The number of amides is 7. The van der Waals surface area contributed by atoms with Crippen LogP contribution in [0.5, 0.6) is 0 Å². The summed E-state index contributed by atoms with van der Waals surface area (Å²) in [4.78, 5) is 103.